The van der Waals surface area contributed by atoms with Gasteiger partial charge in [0.25, 0.3) is 0 Å². The number of nitrogens with zero attached hydrogens (tertiary/aromatic N) is 1. The van der Waals surface area contributed by atoms with Gasteiger partial charge in [-0.1, -0.05) is 67.3 Å². The molecule has 0 saturated heterocycles. The highest BCUT2D eigenvalue weighted by atomic mass is 16.3. The number of hydrogen-bond donors (Lipinski definition) is 0. The van der Waals surface area contributed by atoms with Crippen LogP contribution in [0.1, 0.15) is 24.5 Å². The van der Waals surface area contributed by atoms with Crippen LogP contribution in [-0.4, -0.2) is 6.54 Å². The molecule has 0 unspecified atom stereocenters. The molecular formula is C26H27NO. The Bertz CT molecular complexity index is 1100. The van der Waals surface area contributed by atoms with Gasteiger partial charge in [0.1, 0.15) is 11.3 Å². The number of benzene rings is 2. The molecule has 142 valence electrons. The van der Waals surface area contributed by atoms with Crippen molar-refractivity contribution in [1.29, 1.82) is 0 Å². The molecule has 0 spiro atoms. The number of allylic oxidation sites excluding steroid dienone is 4. The van der Waals surface area contributed by atoms with Crippen LogP contribution < -0.4 is 5.36 Å². The average molecular weight is 370 g/mol. The Hall–Kier alpha value is -3.13. The molecule has 3 rings (SSSR count). The topological polar surface area (TPSA) is 25.5 Å². The summed E-state index contributed by atoms with van der Waals surface area (Å²) in [6.45, 7) is 10.8. The Labute approximate surface area is 167 Å². The largest absolute Gasteiger partial charge is 0.456 e. The van der Waals surface area contributed by atoms with Crippen molar-refractivity contribution in [1.82, 2.24) is 0 Å². The Morgan fingerprint density at radius 3 is 2.61 bits per heavy atom. The van der Waals surface area contributed by atoms with Crippen molar-refractivity contribution in [3.8, 4) is 11.3 Å². The van der Waals surface area contributed by atoms with Crippen LogP contribution in [0.3, 0.4) is 0 Å². The summed E-state index contributed by atoms with van der Waals surface area (Å²) >= 11 is 0. The molecule has 0 radical (unpaired) electrons. The summed E-state index contributed by atoms with van der Waals surface area (Å²) in [7, 11) is 0. The second-order valence-electron chi connectivity index (χ2n) is 6.93. The molecule has 2 heteroatoms. The molecule has 3 aromatic rings. The van der Waals surface area contributed by atoms with Crippen LogP contribution >= 0.6 is 0 Å². The minimum Gasteiger partial charge on any atom is -0.456 e. The molecule has 0 aliphatic heterocycles. The van der Waals surface area contributed by atoms with E-state index in [4.69, 9.17) is 9.41 Å². The zero-order valence-electron chi connectivity index (χ0n) is 16.9. The summed E-state index contributed by atoms with van der Waals surface area (Å²) in [5.41, 5.74) is 5.54. The third-order valence-corrected chi connectivity index (χ3v) is 4.64. The van der Waals surface area contributed by atoms with Crippen molar-refractivity contribution in [2.45, 2.75) is 27.2 Å². The van der Waals surface area contributed by atoms with Crippen LogP contribution in [0, 0.1) is 13.8 Å². The first-order chi connectivity index (χ1) is 13.6. The van der Waals surface area contributed by atoms with Gasteiger partial charge < -0.3 is 4.42 Å². The first kappa shape index (κ1) is 19.6. The summed E-state index contributed by atoms with van der Waals surface area (Å²) in [4.78, 5) is 4.95. The van der Waals surface area contributed by atoms with Gasteiger partial charge in [-0.25, -0.2) is 0 Å². The van der Waals surface area contributed by atoms with Crippen molar-refractivity contribution >= 4 is 11.0 Å². The van der Waals surface area contributed by atoms with Crippen molar-refractivity contribution in [2.24, 2.45) is 4.99 Å². The normalized spacial score (nSPS) is 12.8. The van der Waals surface area contributed by atoms with Crippen LogP contribution in [0.4, 0.5) is 0 Å². The van der Waals surface area contributed by atoms with Gasteiger partial charge >= 0.3 is 0 Å². The molecular weight excluding hydrogens is 342 g/mol. The lowest BCUT2D eigenvalue weighted by Gasteiger charge is -2.08. The summed E-state index contributed by atoms with van der Waals surface area (Å²) in [5.74, 6) is 0.840. The summed E-state index contributed by atoms with van der Waals surface area (Å²) in [6.07, 6.45) is 8.90. The van der Waals surface area contributed by atoms with Crippen molar-refractivity contribution in [3.05, 3.63) is 101 Å². The fraction of sp³-hybridized carbons (Fsp3) is 0.192. The van der Waals surface area contributed by atoms with E-state index in [9.17, 15) is 0 Å². The molecule has 2 aromatic carbocycles. The highest BCUT2D eigenvalue weighted by Crippen LogP contribution is 2.24. The van der Waals surface area contributed by atoms with Gasteiger partial charge in [-0.05, 0) is 50.0 Å². The molecule has 0 amide bonds. The summed E-state index contributed by atoms with van der Waals surface area (Å²) < 4.78 is 6.26. The van der Waals surface area contributed by atoms with Gasteiger partial charge in [0.15, 0.2) is 0 Å². The smallest absolute Gasteiger partial charge is 0.137 e. The van der Waals surface area contributed by atoms with Gasteiger partial charge in [-0.3, -0.25) is 4.99 Å². The van der Waals surface area contributed by atoms with Gasteiger partial charge in [0, 0.05) is 23.6 Å². The predicted octanol–water partition coefficient (Wildman–Crippen LogP) is 6.70. The maximum atomic E-state index is 6.26. The summed E-state index contributed by atoms with van der Waals surface area (Å²) in [6, 6.07) is 16.5. The fourth-order valence-electron chi connectivity index (χ4n) is 3.44. The van der Waals surface area contributed by atoms with Crippen molar-refractivity contribution in [3.63, 3.8) is 0 Å². The minimum absolute atomic E-state index is 0.713. The zero-order valence-corrected chi connectivity index (χ0v) is 16.9. The highest BCUT2D eigenvalue weighted by molar-refractivity contribution is 5.82. The van der Waals surface area contributed by atoms with E-state index in [0.29, 0.717) is 6.54 Å². The Kier molecular flexibility index (Phi) is 6.44. The van der Waals surface area contributed by atoms with E-state index >= 15 is 0 Å². The first-order valence-corrected chi connectivity index (χ1v) is 9.67. The lowest BCUT2D eigenvalue weighted by Crippen LogP contribution is -2.07. The van der Waals surface area contributed by atoms with Crippen LogP contribution in [0.5, 0.6) is 0 Å². The van der Waals surface area contributed by atoms with Gasteiger partial charge in [-0.2, -0.15) is 0 Å². The molecule has 0 saturated carbocycles. The molecule has 0 aliphatic rings. The summed E-state index contributed by atoms with van der Waals surface area (Å²) in [5, 5.41) is 2.07. The maximum Gasteiger partial charge on any atom is 0.137 e. The molecule has 0 fully saturated rings. The first-order valence-electron chi connectivity index (χ1n) is 9.67. The fourth-order valence-corrected chi connectivity index (χ4v) is 3.44. The van der Waals surface area contributed by atoms with Crippen LogP contribution in [0.25, 0.3) is 22.3 Å². The monoisotopic (exact) mass is 369 g/mol. The second kappa shape index (κ2) is 9.18. The maximum absolute atomic E-state index is 6.26. The molecule has 1 heterocycles. The number of hydrogen-bond acceptors (Lipinski definition) is 2. The quantitative estimate of drug-likeness (QED) is 0.444. The van der Waals surface area contributed by atoms with E-state index in [-0.39, 0.29) is 0 Å². The zero-order chi connectivity index (χ0) is 19.9. The number of rotatable bonds is 6. The van der Waals surface area contributed by atoms with Gasteiger partial charge in [0.2, 0.25) is 0 Å². The van der Waals surface area contributed by atoms with Crippen molar-refractivity contribution in [2.75, 3.05) is 6.54 Å². The minimum atomic E-state index is 0.713. The third-order valence-electron chi connectivity index (χ3n) is 4.64. The standard InChI is InChI=1S/C26H27NO/c1-5-10-21(11-6-2)14-15-27-23-18-24(22-12-8-7-9-13-22)28-25-17-19(3)16-20(4)26(23)25/h5-13,16-18H,1,14-15H2,2-4H3/b11-6-,21-10+,27-23?. The van der Waals surface area contributed by atoms with E-state index in [1.54, 1.807) is 0 Å². The second-order valence-corrected chi connectivity index (χ2v) is 6.93. The molecule has 0 atom stereocenters. The Balaban J connectivity index is 2.11. The van der Waals surface area contributed by atoms with E-state index < -0.39 is 0 Å². The molecule has 2 nitrogen and oxygen atoms in total. The van der Waals surface area contributed by atoms with E-state index in [2.05, 4.69) is 56.8 Å². The lowest BCUT2D eigenvalue weighted by molar-refractivity contribution is 0.617. The highest BCUT2D eigenvalue weighted by Gasteiger charge is 2.08. The number of fused-ring (bicyclic) bond motifs is 1. The van der Waals surface area contributed by atoms with E-state index in [1.165, 1.54) is 16.7 Å². The van der Waals surface area contributed by atoms with Crippen LogP contribution in [0.2, 0.25) is 0 Å². The van der Waals surface area contributed by atoms with Gasteiger partial charge in [-0.15, -0.1) is 0 Å². The van der Waals surface area contributed by atoms with E-state index in [1.807, 2.05) is 43.4 Å². The average Bonchev–Trinajstić information content (AvgIpc) is 2.68. The molecule has 0 bridgehead atoms. The predicted molar refractivity (Wildman–Crippen MR) is 119 cm³/mol. The molecule has 0 aliphatic carbocycles. The molecule has 28 heavy (non-hydrogen) atoms. The molecule has 1 aromatic heterocycles. The van der Waals surface area contributed by atoms with Crippen molar-refractivity contribution < 1.29 is 4.42 Å². The van der Waals surface area contributed by atoms with Crippen LogP contribution in [0.15, 0.2) is 94.4 Å². The Morgan fingerprint density at radius 2 is 1.89 bits per heavy atom. The molecule has 0 N–H and O–H groups in total. The lowest BCUT2D eigenvalue weighted by atomic mass is 10.0. The van der Waals surface area contributed by atoms with Gasteiger partial charge in [0.05, 0.1) is 5.36 Å². The number of aryl methyl sites for hydroxylation is 2. The van der Waals surface area contributed by atoms with E-state index in [0.717, 1.165) is 34.1 Å². The third kappa shape index (κ3) is 4.58. The SMILES string of the molecule is C=C/C=C(\C=C/C)CCN=c1cc(-c2ccccc2)oc2cc(C)cc(C)c12. The Morgan fingerprint density at radius 1 is 1.11 bits per heavy atom. The van der Waals surface area contributed by atoms with Crippen LogP contribution in [-0.2, 0) is 0 Å².